The van der Waals surface area contributed by atoms with Gasteiger partial charge in [0.1, 0.15) is 11.8 Å². The molecule has 0 radical (unpaired) electrons. The highest BCUT2D eigenvalue weighted by molar-refractivity contribution is 9.10. The van der Waals surface area contributed by atoms with E-state index in [1.54, 1.807) is 0 Å². The van der Waals surface area contributed by atoms with Crippen LogP contribution in [-0.2, 0) is 0 Å². The van der Waals surface area contributed by atoms with E-state index in [2.05, 4.69) is 21.2 Å². The summed E-state index contributed by atoms with van der Waals surface area (Å²) >= 11 is 9.66. The number of hydrogen-bond donors (Lipinski definition) is 1. The lowest BCUT2D eigenvalue weighted by atomic mass is 10.1. The van der Waals surface area contributed by atoms with Crippen molar-refractivity contribution in [3.8, 4) is 11.8 Å². The highest BCUT2D eigenvalue weighted by Crippen LogP contribution is 2.29. The van der Waals surface area contributed by atoms with Crippen LogP contribution in [0.15, 0.2) is 46.9 Å². The second-order valence-corrected chi connectivity index (χ2v) is 5.83. The first-order chi connectivity index (χ1) is 10.1. The fourth-order valence-corrected chi connectivity index (χ4v) is 2.81. The lowest BCUT2D eigenvalue weighted by molar-refractivity contribution is 0.368. The molecule has 0 aliphatic carbocycles. The molecule has 0 spiro atoms. The number of nitriles is 1. The molecule has 5 heteroatoms. The smallest absolute Gasteiger partial charge is 0.174 e. The van der Waals surface area contributed by atoms with Gasteiger partial charge in [-0.2, -0.15) is 5.26 Å². The van der Waals surface area contributed by atoms with Crippen LogP contribution in [0.25, 0.3) is 0 Å². The summed E-state index contributed by atoms with van der Waals surface area (Å²) in [5.41, 5.74) is 1.93. The molecule has 1 atom stereocenters. The average molecular weight is 366 g/mol. The monoisotopic (exact) mass is 364 g/mol. The third-order valence-electron chi connectivity index (χ3n) is 2.95. The molecule has 2 aromatic rings. The van der Waals surface area contributed by atoms with Crippen molar-refractivity contribution in [2.24, 2.45) is 0 Å². The summed E-state index contributed by atoms with van der Waals surface area (Å²) in [5, 5.41) is 12.6. The van der Waals surface area contributed by atoms with Crippen LogP contribution in [0.2, 0.25) is 5.02 Å². The van der Waals surface area contributed by atoms with Crippen LogP contribution in [0, 0.1) is 11.3 Å². The maximum absolute atomic E-state index is 8.53. The van der Waals surface area contributed by atoms with Gasteiger partial charge in [-0.15, -0.1) is 0 Å². The second kappa shape index (κ2) is 7.35. The van der Waals surface area contributed by atoms with Gasteiger partial charge in [0.05, 0.1) is 0 Å². The Kier molecular flexibility index (Phi) is 5.49. The van der Waals surface area contributed by atoms with Crippen molar-refractivity contribution in [3.63, 3.8) is 0 Å². The van der Waals surface area contributed by atoms with Crippen LogP contribution in [0.5, 0.6) is 5.75 Å². The molecule has 21 heavy (non-hydrogen) atoms. The summed E-state index contributed by atoms with van der Waals surface area (Å²) in [4.78, 5) is 0. The van der Waals surface area contributed by atoms with Gasteiger partial charge in [0.25, 0.3) is 0 Å². The zero-order chi connectivity index (χ0) is 15.2. The van der Waals surface area contributed by atoms with Crippen LogP contribution in [0.3, 0.4) is 0 Å². The highest BCUT2D eigenvalue weighted by atomic mass is 79.9. The number of nitrogens with one attached hydrogen (secondary N) is 1. The average Bonchev–Trinajstić information content (AvgIpc) is 2.45. The topological polar surface area (TPSA) is 45.0 Å². The van der Waals surface area contributed by atoms with Crippen LogP contribution in [-0.4, -0.2) is 6.61 Å². The van der Waals surface area contributed by atoms with E-state index in [0.717, 1.165) is 15.7 Å². The Morgan fingerprint density at radius 1 is 1.33 bits per heavy atom. The zero-order valence-corrected chi connectivity index (χ0v) is 13.8. The van der Waals surface area contributed by atoms with Crippen molar-refractivity contribution < 1.29 is 4.74 Å². The quantitative estimate of drug-likeness (QED) is 0.794. The number of ether oxygens (including phenoxy) is 1. The zero-order valence-electron chi connectivity index (χ0n) is 11.4. The summed E-state index contributed by atoms with van der Waals surface area (Å²) < 4.78 is 6.24. The predicted octanol–water partition coefficient (Wildman–Crippen LogP) is 5.18. The Balaban J connectivity index is 2.12. The minimum absolute atomic E-state index is 0.0392. The summed E-state index contributed by atoms with van der Waals surface area (Å²) in [6.45, 7) is 2.08. The van der Waals surface area contributed by atoms with E-state index in [1.165, 1.54) is 0 Å². The van der Waals surface area contributed by atoms with Gasteiger partial charge in [0.2, 0.25) is 0 Å². The molecular weight excluding hydrogens is 352 g/mol. The van der Waals surface area contributed by atoms with Crippen molar-refractivity contribution >= 4 is 33.2 Å². The van der Waals surface area contributed by atoms with Gasteiger partial charge in [-0.25, -0.2) is 0 Å². The van der Waals surface area contributed by atoms with Crippen LogP contribution >= 0.6 is 27.5 Å². The molecule has 0 aliphatic heterocycles. The number of hydrogen-bond acceptors (Lipinski definition) is 3. The molecule has 108 valence electrons. The molecule has 3 nitrogen and oxygen atoms in total. The molecule has 0 heterocycles. The molecule has 0 saturated carbocycles. The van der Waals surface area contributed by atoms with Gasteiger partial charge in [0.15, 0.2) is 6.61 Å². The van der Waals surface area contributed by atoms with Gasteiger partial charge >= 0.3 is 0 Å². The molecule has 0 aliphatic rings. The van der Waals surface area contributed by atoms with Gasteiger partial charge in [-0.1, -0.05) is 39.7 Å². The van der Waals surface area contributed by atoms with E-state index in [1.807, 2.05) is 55.5 Å². The highest BCUT2D eigenvalue weighted by Gasteiger charge is 2.10. The maximum atomic E-state index is 8.53. The standard InChI is InChI=1S/C16H14BrClN2O/c1-11(15-6-5-12(17)9-16(15)18)20-13-3-2-4-14(10-13)21-8-7-19/h2-6,9-11,20H,8H2,1H3. The van der Waals surface area contributed by atoms with E-state index >= 15 is 0 Å². The lowest BCUT2D eigenvalue weighted by Gasteiger charge is -2.17. The molecule has 0 saturated heterocycles. The summed E-state index contributed by atoms with van der Waals surface area (Å²) in [6.07, 6.45) is 0. The first kappa shape index (κ1) is 15.7. The largest absolute Gasteiger partial charge is 0.479 e. The van der Waals surface area contributed by atoms with Crippen LogP contribution < -0.4 is 10.1 Å². The van der Waals surface area contributed by atoms with Crippen LogP contribution in [0.1, 0.15) is 18.5 Å². The minimum atomic E-state index is 0.0392. The number of anilines is 1. The molecule has 1 unspecified atom stereocenters. The SMILES string of the molecule is CC(Nc1cccc(OCC#N)c1)c1ccc(Br)cc1Cl. The third kappa shape index (κ3) is 4.38. The molecule has 2 aromatic carbocycles. The summed E-state index contributed by atoms with van der Waals surface area (Å²) in [7, 11) is 0. The summed E-state index contributed by atoms with van der Waals surface area (Å²) in [5.74, 6) is 0.663. The van der Waals surface area contributed by atoms with Crippen molar-refractivity contribution in [2.75, 3.05) is 11.9 Å². The van der Waals surface area contributed by atoms with Gasteiger partial charge < -0.3 is 10.1 Å². The minimum Gasteiger partial charge on any atom is -0.479 e. The van der Waals surface area contributed by atoms with Crippen molar-refractivity contribution in [1.82, 2.24) is 0 Å². The Hall–Kier alpha value is -1.70. The molecule has 0 aromatic heterocycles. The second-order valence-electron chi connectivity index (χ2n) is 4.51. The van der Waals surface area contributed by atoms with E-state index in [9.17, 15) is 0 Å². The Morgan fingerprint density at radius 2 is 2.14 bits per heavy atom. The van der Waals surface area contributed by atoms with E-state index in [-0.39, 0.29) is 12.6 Å². The summed E-state index contributed by atoms with van der Waals surface area (Å²) in [6, 6.07) is 15.3. The molecule has 0 amide bonds. The Bertz CT molecular complexity index is 670. The molecule has 0 bridgehead atoms. The molecular formula is C16H14BrClN2O. The fraction of sp³-hybridized carbons (Fsp3) is 0.188. The van der Waals surface area contributed by atoms with Gasteiger partial charge in [-0.05, 0) is 36.8 Å². The van der Waals surface area contributed by atoms with Crippen molar-refractivity contribution in [1.29, 1.82) is 5.26 Å². The van der Waals surface area contributed by atoms with E-state index in [0.29, 0.717) is 10.8 Å². The first-order valence-electron chi connectivity index (χ1n) is 6.41. The fourth-order valence-electron chi connectivity index (χ4n) is 1.97. The van der Waals surface area contributed by atoms with Crippen molar-refractivity contribution in [3.05, 3.63) is 57.5 Å². The number of halogens is 2. The lowest BCUT2D eigenvalue weighted by Crippen LogP contribution is -2.07. The number of rotatable bonds is 5. The third-order valence-corrected chi connectivity index (χ3v) is 3.77. The molecule has 1 N–H and O–H groups in total. The maximum Gasteiger partial charge on any atom is 0.174 e. The number of benzene rings is 2. The van der Waals surface area contributed by atoms with Gasteiger partial charge in [0, 0.05) is 27.3 Å². The first-order valence-corrected chi connectivity index (χ1v) is 7.58. The molecule has 2 rings (SSSR count). The number of nitrogens with zero attached hydrogens (tertiary/aromatic N) is 1. The normalized spacial score (nSPS) is 11.5. The Labute approximate surface area is 137 Å². The van der Waals surface area contributed by atoms with Gasteiger partial charge in [-0.3, -0.25) is 0 Å². The van der Waals surface area contributed by atoms with E-state index < -0.39 is 0 Å². The van der Waals surface area contributed by atoms with E-state index in [4.69, 9.17) is 21.6 Å². The Morgan fingerprint density at radius 3 is 2.86 bits per heavy atom. The molecule has 0 fully saturated rings. The van der Waals surface area contributed by atoms with Crippen molar-refractivity contribution in [2.45, 2.75) is 13.0 Å². The predicted molar refractivity (Wildman–Crippen MR) is 88.7 cm³/mol. The van der Waals surface area contributed by atoms with Crippen LogP contribution in [0.4, 0.5) is 5.69 Å².